The third-order valence-electron chi connectivity index (χ3n) is 4.59. The Morgan fingerprint density at radius 3 is 2.23 bits per heavy atom. The van der Waals surface area contributed by atoms with Gasteiger partial charge >= 0.3 is 0 Å². The number of rotatable bonds is 8. The molecule has 9 heteroatoms. The van der Waals surface area contributed by atoms with Gasteiger partial charge in [-0.15, -0.1) is 0 Å². The van der Waals surface area contributed by atoms with Crippen molar-refractivity contribution in [3.8, 4) is 0 Å². The van der Waals surface area contributed by atoms with Gasteiger partial charge in [-0.05, 0) is 56.7 Å². The summed E-state index contributed by atoms with van der Waals surface area (Å²) >= 11 is 0. The molecule has 2 rings (SSSR count). The predicted molar refractivity (Wildman–Crippen MR) is 115 cm³/mol. The van der Waals surface area contributed by atoms with Gasteiger partial charge in [0.1, 0.15) is 11.9 Å². The van der Waals surface area contributed by atoms with Crippen molar-refractivity contribution in [3.63, 3.8) is 0 Å². The monoisotopic (exact) mass is 435 g/mol. The Morgan fingerprint density at radius 1 is 1.07 bits per heavy atom. The molecule has 0 saturated carbocycles. The van der Waals surface area contributed by atoms with Gasteiger partial charge < -0.3 is 10.6 Å². The van der Waals surface area contributed by atoms with Gasteiger partial charge in [0.25, 0.3) is 5.91 Å². The number of halogens is 1. The number of anilines is 2. The largest absolute Gasteiger partial charge is 0.350 e. The van der Waals surface area contributed by atoms with E-state index < -0.39 is 27.8 Å². The average Bonchev–Trinajstić information content (AvgIpc) is 2.68. The first-order valence-corrected chi connectivity index (χ1v) is 11.3. The van der Waals surface area contributed by atoms with E-state index in [-0.39, 0.29) is 28.9 Å². The first-order chi connectivity index (χ1) is 14.0. The zero-order chi connectivity index (χ0) is 22.5. The van der Waals surface area contributed by atoms with E-state index >= 15 is 0 Å². The van der Waals surface area contributed by atoms with Crippen molar-refractivity contribution in [1.82, 2.24) is 5.32 Å². The van der Waals surface area contributed by atoms with Gasteiger partial charge in [0, 0.05) is 6.04 Å². The summed E-state index contributed by atoms with van der Waals surface area (Å²) in [4.78, 5) is 25.4. The van der Waals surface area contributed by atoms with Crippen molar-refractivity contribution in [2.75, 3.05) is 15.9 Å². The van der Waals surface area contributed by atoms with Gasteiger partial charge in [-0.1, -0.05) is 19.1 Å². The van der Waals surface area contributed by atoms with E-state index in [0.29, 0.717) is 0 Å². The van der Waals surface area contributed by atoms with Crippen LogP contribution >= 0.6 is 0 Å². The highest BCUT2D eigenvalue weighted by molar-refractivity contribution is 7.92. The first-order valence-electron chi connectivity index (χ1n) is 9.50. The molecule has 2 aromatic rings. The maximum Gasteiger partial charge on any atom is 0.253 e. The summed E-state index contributed by atoms with van der Waals surface area (Å²) in [6, 6.07) is 10.1. The maximum atomic E-state index is 13.2. The average molecular weight is 436 g/mol. The van der Waals surface area contributed by atoms with Crippen molar-refractivity contribution < 1.29 is 22.4 Å². The Labute approximate surface area is 176 Å². The summed E-state index contributed by atoms with van der Waals surface area (Å²) in [5.41, 5.74) is 0.693. The Bertz CT molecular complexity index is 1010. The summed E-state index contributed by atoms with van der Waals surface area (Å²) in [5, 5.41) is 5.47. The number of hydrogen-bond donors (Lipinski definition) is 2. The summed E-state index contributed by atoms with van der Waals surface area (Å²) < 4.78 is 38.8. The molecule has 2 atom stereocenters. The molecule has 0 aromatic heterocycles. The Kier molecular flexibility index (Phi) is 7.55. The number of benzene rings is 2. The number of hydrogen-bond acceptors (Lipinski definition) is 4. The van der Waals surface area contributed by atoms with Gasteiger partial charge in [-0.2, -0.15) is 0 Å². The molecule has 0 heterocycles. The second-order valence-electron chi connectivity index (χ2n) is 7.03. The molecule has 0 unspecified atom stereocenters. The highest BCUT2D eigenvalue weighted by atomic mass is 32.2. The van der Waals surface area contributed by atoms with E-state index in [1.165, 1.54) is 19.1 Å². The number of carbonyl (C=O) groups excluding carboxylic acids is 2. The lowest BCUT2D eigenvalue weighted by Crippen LogP contribution is -2.45. The van der Waals surface area contributed by atoms with Crippen LogP contribution in [0.15, 0.2) is 48.5 Å². The van der Waals surface area contributed by atoms with Crippen molar-refractivity contribution in [2.45, 2.75) is 39.3 Å². The molecule has 0 aliphatic rings. The minimum atomic E-state index is -3.84. The lowest BCUT2D eigenvalue weighted by atomic mass is 10.1. The number of nitrogens with zero attached hydrogens (tertiary/aromatic N) is 1. The number of amides is 2. The quantitative estimate of drug-likeness (QED) is 0.666. The van der Waals surface area contributed by atoms with E-state index in [9.17, 15) is 22.4 Å². The number of nitrogens with one attached hydrogen (secondary N) is 2. The number of sulfonamides is 1. The van der Waals surface area contributed by atoms with Crippen LogP contribution < -0.4 is 14.9 Å². The van der Waals surface area contributed by atoms with Crippen LogP contribution in [0.3, 0.4) is 0 Å². The zero-order valence-corrected chi connectivity index (χ0v) is 18.2. The van der Waals surface area contributed by atoms with Crippen LogP contribution in [0.5, 0.6) is 0 Å². The Morgan fingerprint density at radius 2 is 1.67 bits per heavy atom. The van der Waals surface area contributed by atoms with Crippen molar-refractivity contribution in [2.24, 2.45) is 0 Å². The van der Waals surface area contributed by atoms with E-state index in [2.05, 4.69) is 10.6 Å². The van der Waals surface area contributed by atoms with Crippen LogP contribution in [0.1, 0.15) is 37.6 Å². The minimum Gasteiger partial charge on any atom is -0.350 e. The highest BCUT2D eigenvalue weighted by Gasteiger charge is 2.30. The van der Waals surface area contributed by atoms with Crippen LogP contribution in [-0.4, -0.2) is 38.6 Å². The molecule has 0 spiro atoms. The predicted octanol–water partition coefficient (Wildman–Crippen LogP) is 3.15. The van der Waals surface area contributed by atoms with E-state index in [1.54, 1.807) is 24.3 Å². The normalized spacial score (nSPS) is 13.2. The summed E-state index contributed by atoms with van der Waals surface area (Å²) in [5.74, 6) is -1.49. The molecule has 0 radical (unpaired) electrons. The molecule has 0 aliphatic carbocycles. The summed E-state index contributed by atoms with van der Waals surface area (Å²) in [7, 11) is -3.84. The highest BCUT2D eigenvalue weighted by Crippen LogP contribution is 2.23. The zero-order valence-electron chi connectivity index (χ0n) is 17.3. The molecule has 2 amide bonds. The summed E-state index contributed by atoms with van der Waals surface area (Å²) in [6.07, 6.45) is 1.71. The number of para-hydroxylation sites is 1. The van der Waals surface area contributed by atoms with Crippen LogP contribution in [0, 0.1) is 5.82 Å². The second kappa shape index (κ2) is 9.71. The molecule has 0 bridgehead atoms. The lowest BCUT2D eigenvalue weighted by molar-refractivity contribution is -0.116. The van der Waals surface area contributed by atoms with Gasteiger partial charge in [0.15, 0.2) is 0 Å². The standard InChI is InChI=1S/C21H26FN3O4S/c1-5-14(2)23-21(27)18-8-6-7-9-19(18)24-20(26)15(3)25(30(4,28)29)17-12-10-16(22)11-13-17/h6-15H,5H2,1-4H3,(H,23,27)(H,24,26)/t14-,15-/m1/s1. The fraction of sp³-hybridized carbons (Fsp3) is 0.333. The van der Waals surface area contributed by atoms with Crippen LogP contribution in [0.2, 0.25) is 0 Å². The van der Waals surface area contributed by atoms with Crippen molar-refractivity contribution in [1.29, 1.82) is 0 Å². The minimum absolute atomic E-state index is 0.0422. The van der Waals surface area contributed by atoms with E-state index in [4.69, 9.17) is 0 Å². The third-order valence-corrected chi connectivity index (χ3v) is 5.83. The van der Waals surface area contributed by atoms with Gasteiger partial charge in [-0.3, -0.25) is 13.9 Å². The van der Waals surface area contributed by atoms with E-state index in [0.717, 1.165) is 29.1 Å². The molecular formula is C21H26FN3O4S. The molecule has 30 heavy (non-hydrogen) atoms. The third kappa shape index (κ3) is 5.79. The van der Waals surface area contributed by atoms with Gasteiger partial charge in [-0.25, -0.2) is 12.8 Å². The molecule has 162 valence electrons. The molecule has 0 aliphatic heterocycles. The van der Waals surface area contributed by atoms with Crippen molar-refractivity contribution >= 4 is 33.2 Å². The van der Waals surface area contributed by atoms with Crippen LogP contribution in [0.25, 0.3) is 0 Å². The first kappa shape index (κ1) is 23.3. The Balaban J connectivity index is 2.30. The fourth-order valence-corrected chi connectivity index (χ4v) is 4.00. The molecule has 2 N–H and O–H groups in total. The lowest BCUT2D eigenvalue weighted by Gasteiger charge is -2.28. The topological polar surface area (TPSA) is 95.6 Å². The fourth-order valence-electron chi connectivity index (χ4n) is 2.83. The van der Waals surface area contributed by atoms with Crippen LogP contribution in [0.4, 0.5) is 15.8 Å². The Hall–Kier alpha value is -2.94. The van der Waals surface area contributed by atoms with Crippen molar-refractivity contribution in [3.05, 3.63) is 59.9 Å². The van der Waals surface area contributed by atoms with E-state index in [1.807, 2.05) is 13.8 Å². The maximum absolute atomic E-state index is 13.2. The smallest absolute Gasteiger partial charge is 0.253 e. The van der Waals surface area contributed by atoms with Gasteiger partial charge in [0.05, 0.1) is 23.2 Å². The summed E-state index contributed by atoms with van der Waals surface area (Å²) in [6.45, 7) is 5.23. The molecule has 2 aromatic carbocycles. The van der Waals surface area contributed by atoms with Crippen LogP contribution in [-0.2, 0) is 14.8 Å². The second-order valence-corrected chi connectivity index (χ2v) is 8.89. The van der Waals surface area contributed by atoms with Gasteiger partial charge in [0.2, 0.25) is 15.9 Å². The molecule has 0 saturated heterocycles. The number of carbonyl (C=O) groups is 2. The molecule has 0 fully saturated rings. The SMILES string of the molecule is CC[C@@H](C)NC(=O)c1ccccc1NC(=O)[C@@H](C)N(c1ccc(F)cc1)S(C)(=O)=O. The molecule has 7 nitrogen and oxygen atoms in total. The molecular weight excluding hydrogens is 409 g/mol.